The zero-order chi connectivity index (χ0) is 73.7. The molecule has 5 atom stereocenters. The van der Waals surface area contributed by atoms with Crippen LogP contribution in [0.5, 0.6) is 0 Å². The van der Waals surface area contributed by atoms with Crippen LogP contribution in [0.3, 0.4) is 0 Å². The molecule has 3 N–H and O–H groups in total. The van der Waals surface area contributed by atoms with Gasteiger partial charge < -0.3 is 33.8 Å². The molecule has 2 unspecified atom stereocenters. The molecule has 100 heavy (non-hydrogen) atoms. The van der Waals surface area contributed by atoms with Gasteiger partial charge in [-0.1, -0.05) is 342 Å². The molecule has 0 aliphatic heterocycles. The zero-order valence-corrected chi connectivity index (χ0v) is 66.9. The summed E-state index contributed by atoms with van der Waals surface area (Å²) in [7, 11) is -9.93. The molecule has 0 rings (SSSR count). The van der Waals surface area contributed by atoms with E-state index in [-0.39, 0.29) is 25.7 Å². The van der Waals surface area contributed by atoms with E-state index in [1.807, 2.05) is 0 Å². The van der Waals surface area contributed by atoms with Crippen molar-refractivity contribution in [3.05, 3.63) is 24.3 Å². The number of allylic oxidation sites excluding steroid dienone is 4. The highest BCUT2D eigenvalue weighted by Gasteiger charge is 2.30. The van der Waals surface area contributed by atoms with Gasteiger partial charge in [-0.05, 0) is 69.1 Å². The molecular formula is C81H154O17P2. The molecular weight excluding hydrogens is 1310 g/mol. The zero-order valence-electron chi connectivity index (χ0n) is 65.2. The van der Waals surface area contributed by atoms with Gasteiger partial charge in [0.2, 0.25) is 0 Å². The third kappa shape index (κ3) is 73.8. The second kappa shape index (κ2) is 70.8. The number of hydrogen-bond donors (Lipinski definition) is 3. The Balaban J connectivity index is 5.29. The van der Waals surface area contributed by atoms with Gasteiger partial charge in [-0.15, -0.1) is 0 Å². The normalized spacial score (nSPS) is 14.1. The van der Waals surface area contributed by atoms with Crippen LogP contribution < -0.4 is 0 Å². The number of phosphoric ester groups is 2. The van der Waals surface area contributed by atoms with E-state index in [9.17, 15) is 43.2 Å². The summed E-state index contributed by atoms with van der Waals surface area (Å²) < 4.78 is 68.7. The number of unbranched alkanes of at least 4 members (excludes halogenated alkanes) is 42. The Morgan fingerprint density at radius 3 is 0.810 bits per heavy atom. The quantitative estimate of drug-likeness (QED) is 0.0169. The molecule has 0 aromatic carbocycles. The molecule has 17 nitrogen and oxygen atoms in total. The summed E-state index contributed by atoms with van der Waals surface area (Å²) in [5.41, 5.74) is 0. The number of hydrogen-bond acceptors (Lipinski definition) is 15. The minimum absolute atomic E-state index is 0.101. The number of ether oxygens (including phenoxy) is 4. The van der Waals surface area contributed by atoms with Crippen LogP contribution in [0.2, 0.25) is 0 Å². The molecule has 0 fully saturated rings. The predicted molar refractivity (Wildman–Crippen MR) is 409 cm³/mol. The number of carbonyl (C=O) groups is 4. The lowest BCUT2D eigenvalue weighted by Crippen LogP contribution is -2.30. The fourth-order valence-corrected chi connectivity index (χ4v) is 13.5. The number of aliphatic hydroxyl groups excluding tert-OH is 1. The lowest BCUT2D eigenvalue weighted by molar-refractivity contribution is -0.161. The van der Waals surface area contributed by atoms with Crippen LogP contribution in [-0.2, 0) is 65.4 Å². The summed E-state index contributed by atoms with van der Waals surface area (Å²) in [6, 6.07) is 0. The van der Waals surface area contributed by atoms with Crippen LogP contribution in [0, 0.1) is 17.8 Å². The van der Waals surface area contributed by atoms with Crippen LogP contribution in [0.4, 0.5) is 0 Å². The molecule has 0 heterocycles. The molecule has 0 spiro atoms. The monoisotopic (exact) mass is 1460 g/mol. The van der Waals surface area contributed by atoms with Gasteiger partial charge in [-0.2, -0.15) is 0 Å². The highest BCUT2D eigenvalue weighted by Crippen LogP contribution is 2.45. The minimum Gasteiger partial charge on any atom is -0.462 e. The maximum absolute atomic E-state index is 13.1. The van der Waals surface area contributed by atoms with E-state index >= 15 is 0 Å². The molecule has 0 aliphatic carbocycles. The largest absolute Gasteiger partial charge is 0.472 e. The van der Waals surface area contributed by atoms with Crippen molar-refractivity contribution >= 4 is 39.5 Å². The number of rotatable bonds is 77. The molecule has 0 radical (unpaired) electrons. The SMILES string of the molecule is CCCCCC/C=C\C=C/CCCCCCCC(=O)OC[C@H](COP(=O)(O)OC[C@@H](O)COP(=O)(O)OC[C@@H](COC(=O)CCCCCCCCCCC(C)C)OC(=O)CCCCCCCCCCCCCCC(C)C)OC(=O)CCCCCCCCCCCCCCCCCCC(C)C. The molecule has 0 amide bonds. The Kier molecular flexibility index (Phi) is 69.1. The average molecular weight is 1460 g/mol. The maximum atomic E-state index is 13.1. The average Bonchev–Trinajstić information content (AvgIpc) is 0.946. The Hall–Kier alpha value is -2.46. The Bertz CT molecular complexity index is 2030. The highest BCUT2D eigenvalue weighted by molar-refractivity contribution is 7.47. The Morgan fingerprint density at radius 1 is 0.310 bits per heavy atom. The first kappa shape index (κ1) is 97.5. The van der Waals surface area contributed by atoms with Crippen molar-refractivity contribution in [2.75, 3.05) is 39.6 Å². The second-order valence-corrected chi connectivity index (χ2v) is 32.8. The summed E-state index contributed by atoms with van der Waals surface area (Å²) in [4.78, 5) is 73.0. The van der Waals surface area contributed by atoms with Crippen molar-refractivity contribution in [1.29, 1.82) is 0 Å². The highest BCUT2D eigenvalue weighted by atomic mass is 31.2. The van der Waals surface area contributed by atoms with E-state index in [1.165, 1.54) is 186 Å². The number of aliphatic hydroxyl groups is 1. The molecule has 590 valence electrons. The molecule has 0 aliphatic rings. The van der Waals surface area contributed by atoms with Crippen LogP contribution in [-0.4, -0.2) is 96.7 Å². The first-order chi connectivity index (χ1) is 48.2. The van der Waals surface area contributed by atoms with E-state index in [0.29, 0.717) is 25.7 Å². The van der Waals surface area contributed by atoms with E-state index in [0.717, 1.165) is 127 Å². The molecule has 0 saturated carbocycles. The summed E-state index contributed by atoms with van der Waals surface area (Å²) in [6.07, 6.45) is 61.9. The first-order valence-corrected chi connectivity index (χ1v) is 44.2. The minimum atomic E-state index is -4.97. The van der Waals surface area contributed by atoms with Crippen molar-refractivity contribution in [2.24, 2.45) is 17.8 Å². The van der Waals surface area contributed by atoms with Gasteiger partial charge >= 0.3 is 39.5 Å². The summed E-state index contributed by atoms with van der Waals surface area (Å²) in [5, 5.41) is 10.6. The molecule has 0 aromatic heterocycles. The fraction of sp³-hybridized carbons (Fsp3) is 0.901. The maximum Gasteiger partial charge on any atom is 0.472 e. The lowest BCUT2D eigenvalue weighted by atomic mass is 10.0. The molecule has 0 aromatic rings. The van der Waals surface area contributed by atoms with Gasteiger partial charge in [0, 0.05) is 25.7 Å². The van der Waals surface area contributed by atoms with Crippen LogP contribution in [0.25, 0.3) is 0 Å². The van der Waals surface area contributed by atoms with Gasteiger partial charge in [0.15, 0.2) is 12.2 Å². The predicted octanol–water partition coefficient (Wildman–Crippen LogP) is 23.7. The van der Waals surface area contributed by atoms with Gasteiger partial charge in [0.05, 0.1) is 26.4 Å². The van der Waals surface area contributed by atoms with Crippen LogP contribution in [0.1, 0.15) is 395 Å². The first-order valence-electron chi connectivity index (χ1n) is 41.2. The van der Waals surface area contributed by atoms with E-state index < -0.39 is 97.5 Å². The molecule has 0 saturated heterocycles. The number of esters is 4. The standard InChI is InChI=1S/C81H154O17P2/c1-8-9-10-11-12-13-14-15-18-22-28-33-41-48-55-62-78(83)91-68-76(97-80(85)64-57-50-43-34-29-23-20-17-16-19-21-26-31-38-45-52-59-72(2)3)70-95-99(87,88)93-66-75(82)67-94-100(89,90)96-71-77(69-92-79(84)63-56-49-42-37-36-40-47-54-61-74(6)7)98-81(86)65-58-51-44-35-30-25-24-27-32-39-46-53-60-73(4)5/h13-15,18,72-77,82H,8-12,16-17,19-71H2,1-7H3,(H,87,88)(H,89,90)/b14-13-,18-15-/t75-,76-,77-/m1/s1. The summed E-state index contributed by atoms with van der Waals surface area (Å²) in [5.74, 6) is 0.166. The summed E-state index contributed by atoms with van der Waals surface area (Å²) in [6.45, 7) is 11.9. The van der Waals surface area contributed by atoms with Crippen molar-refractivity contribution in [1.82, 2.24) is 0 Å². The third-order valence-electron chi connectivity index (χ3n) is 18.3. The van der Waals surface area contributed by atoms with Crippen LogP contribution >= 0.6 is 15.6 Å². The topological polar surface area (TPSA) is 237 Å². The van der Waals surface area contributed by atoms with Gasteiger partial charge in [0.25, 0.3) is 0 Å². The smallest absolute Gasteiger partial charge is 0.462 e. The fourth-order valence-electron chi connectivity index (χ4n) is 11.9. The Labute approximate surface area is 612 Å². The molecule has 0 bridgehead atoms. The van der Waals surface area contributed by atoms with Crippen molar-refractivity contribution < 1.29 is 80.2 Å². The van der Waals surface area contributed by atoms with E-state index in [2.05, 4.69) is 72.8 Å². The van der Waals surface area contributed by atoms with Crippen molar-refractivity contribution in [3.8, 4) is 0 Å². The van der Waals surface area contributed by atoms with E-state index in [1.54, 1.807) is 0 Å². The van der Waals surface area contributed by atoms with Gasteiger partial charge in [0.1, 0.15) is 19.3 Å². The molecule has 19 heteroatoms. The van der Waals surface area contributed by atoms with Gasteiger partial charge in [-0.25, -0.2) is 9.13 Å². The lowest BCUT2D eigenvalue weighted by Gasteiger charge is -2.21. The Morgan fingerprint density at radius 2 is 0.540 bits per heavy atom. The van der Waals surface area contributed by atoms with Crippen molar-refractivity contribution in [3.63, 3.8) is 0 Å². The van der Waals surface area contributed by atoms with E-state index in [4.69, 9.17) is 37.0 Å². The summed E-state index contributed by atoms with van der Waals surface area (Å²) >= 11 is 0. The number of carbonyl (C=O) groups excluding carboxylic acids is 4. The van der Waals surface area contributed by atoms with Crippen LogP contribution in [0.15, 0.2) is 24.3 Å². The number of phosphoric acid groups is 2. The van der Waals surface area contributed by atoms with Crippen molar-refractivity contribution in [2.45, 2.75) is 414 Å². The second-order valence-electron chi connectivity index (χ2n) is 29.9. The van der Waals surface area contributed by atoms with Gasteiger partial charge in [-0.3, -0.25) is 37.3 Å². The third-order valence-corrected chi connectivity index (χ3v) is 20.2.